The first-order valence-electron chi connectivity index (χ1n) is 6.21. The van der Waals surface area contributed by atoms with Crippen LogP contribution in [0, 0.1) is 0 Å². The molecule has 0 aromatic carbocycles. The molecule has 0 aromatic heterocycles. The standard InChI is InChI=1S/C11H22N4O3/c1-18-7-6-14-10(16)2-3-15-11(17)9-8-12-4-5-13-9/h9,12-13H,2-8H2,1H3,(H,14,16)(H,15,17). The Morgan fingerprint density at radius 2 is 2.11 bits per heavy atom. The van der Waals surface area contributed by atoms with Crippen molar-refractivity contribution in [3.8, 4) is 0 Å². The number of methoxy groups -OCH3 is 1. The van der Waals surface area contributed by atoms with Crippen molar-refractivity contribution in [2.45, 2.75) is 12.5 Å². The Kier molecular flexibility index (Phi) is 7.31. The first-order chi connectivity index (χ1) is 8.74. The number of nitrogens with one attached hydrogen (secondary N) is 4. The molecule has 0 bridgehead atoms. The van der Waals surface area contributed by atoms with Gasteiger partial charge in [0.1, 0.15) is 0 Å². The minimum atomic E-state index is -0.199. The zero-order chi connectivity index (χ0) is 13.2. The van der Waals surface area contributed by atoms with Crippen molar-refractivity contribution in [1.82, 2.24) is 21.3 Å². The molecule has 7 heteroatoms. The fourth-order valence-electron chi connectivity index (χ4n) is 1.64. The van der Waals surface area contributed by atoms with E-state index in [1.807, 2.05) is 0 Å². The minimum absolute atomic E-state index is 0.0631. The van der Waals surface area contributed by atoms with Gasteiger partial charge in [0.2, 0.25) is 11.8 Å². The maximum Gasteiger partial charge on any atom is 0.238 e. The van der Waals surface area contributed by atoms with Gasteiger partial charge in [-0.15, -0.1) is 0 Å². The lowest BCUT2D eigenvalue weighted by Gasteiger charge is -2.23. The van der Waals surface area contributed by atoms with E-state index in [0.29, 0.717) is 26.2 Å². The van der Waals surface area contributed by atoms with Crippen LogP contribution in [0.5, 0.6) is 0 Å². The molecule has 1 aliphatic heterocycles. The van der Waals surface area contributed by atoms with Crippen LogP contribution in [0.15, 0.2) is 0 Å². The number of rotatable bonds is 7. The molecule has 104 valence electrons. The number of amides is 2. The zero-order valence-corrected chi connectivity index (χ0v) is 10.8. The third-order valence-corrected chi connectivity index (χ3v) is 2.64. The summed E-state index contributed by atoms with van der Waals surface area (Å²) in [6, 6.07) is -0.199. The van der Waals surface area contributed by atoms with Gasteiger partial charge in [-0.25, -0.2) is 0 Å². The van der Waals surface area contributed by atoms with Gasteiger partial charge in [0.15, 0.2) is 0 Å². The third kappa shape index (κ3) is 5.95. The van der Waals surface area contributed by atoms with Gasteiger partial charge in [-0.1, -0.05) is 0 Å². The van der Waals surface area contributed by atoms with Gasteiger partial charge in [-0.2, -0.15) is 0 Å². The molecule has 1 rings (SSSR count). The molecule has 0 aromatic rings. The monoisotopic (exact) mass is 258 g/mol. The summed E-state index contributed by atoms with van der Waals surface area (Å²) in [5.74, 6) is -0.144. The Bertz CT molecular complexity index is 267. The van der Waals surface area contributed by atoms with Crippen LogP contribution >= 0.6 is 0 Å². The fourth-order valence-corrected chi connectivity index (χ4v) is 1.64. The molecule has 1 heterocycles. The van der Waals surface area contributed by atoms with E-state index in [9.17, 15) is 9.59 Å². The quantitative estimate of drug-likeness (QED) is 0.390. The van der Waals surface area contributed by atoms with Gasteiger partial charge >= 0.3 is 0 Å². The van der Waals surface area contributed by atoms with Crippen LogP contribution in [0.1, 0.15) is 6.42 Å². The zero-order valence-electron chi connectivity index (χ0n) is 10.8. The van der Waals surface area contributed by atoms with E-state index < -0.39 is 0 Å². The van der Waals surface area contributed by atoms with Crippen LogP contribution in [0.4, 0.5) is 0 Å². The van der Waals surface area contributed by atoms with Crippen molar-refractivity contribution in [2.24, 2.45) is 0 Å². The lowest BCUT2D eigenvalue weighted by atomic mass is 10.2. The molecular formula is C11H22N4O3. The average Bonchev–Trinajstić information content (AvgIpc) is 2.40. The Labute approximate surface area is 107 Å². The van der Waals surface area contributed by atoms with Crippen molar-refractivity contribution in [3.05, 3.63) is 0 Å². The molecule has 0 radical (unpaired) electrons. The summed E-state index contributed by atoms with van der Waals surface area (Å²) in [6.07, 6.45) is 0.287. The number of hydrogen-bond donors (Lipinski definition) is 4. The largest absolute Gasteiger partial charge is 0.383 e. The predicted molar refractivity (Wildman–Crippen MR) is 67.2 cm³/mol. The SMILES string of the molecule is COCCNC(=O)CCNC(=O)C1CNCCN1. The summed E-state index contributed by atoms with van der Waals surface area (Å²) in [5, 5.41) is 11.7. The van der Waals surface area contributed by atoms with Gasteiger partial charge in [0, 0.05) is 46.3 Å². The van der Waals surface area contributed by atoms with Crippen molar-refractivity contribution < 1.29 is 14.3 Å². The van der Waals surface area contributed by atoms with Crippen LogP contribution in [-0.4, -0.2) is 64.3 Å². The Morgan fingerprint density at radius 3 is 2.78 bits per heavy atom. The molecule has 2 amide bonds. The van der Waals surface area contributed by atoms with E-state index in [2.05, 4.69) is 21.3 Å². The van der Waals surface area contributed by atoms with E-state index in [0.717, 1.165) is 13.1 Å². The van der Waals surface area contributed by atoms with Crippen LogP contribution in [0.2, 0.25) is 0 Å². The van der Waals surface area contributed by atoms with E-state index in [4.69, 9.17) is 4.74 Å². The minimum Gasteiger partial charge on any atom is -0.383 e. The Balaban J connectivity index is 2.05. The first-order valence-corrected chi connectivity index (χ1v) is 6.21. The number of piperazine rings is 1. The second kappa shape index (κ2) is 8.84. The van der Waals surface area contributed by atoms with Gasteiger partial charge in [-0.05, 0) is 0 Å². The Hall–Kier alpha value is -1.18. The van der Waals surface area contributed by atoms with Gasteiger partial charge < -0.3 is 26.0 Å². The van der Waals surface area contributed by atoms with Crippen LogP contribution in [0.3, 0.4) is 0 Å². The molecule has 18 heavy (non-hydrogen) atoms. The summed E-state index contributed by atoms with van der Waals surface area (Å²) < 4.78 is 4.81. The second-order valence-corrected chi connectivity index (χ2v) is 4.09. The molecule has 0 spiro atoms. The number of carbonyl (C=O) groups is 2. The molecule has 1 unspecified atom stereocenters. The average molecular weight is 258 g/mol. The highest BCUT2D eigenvalue weighted by Crippen LogP contribution is 1.87. The molecule has 1 atom stereocenters. The molecule has 1 fully saturated rings. The molecule has 7 nitrogen and oxygen atoms in total. The highest BCUT2D eigenvalue weighted by Gasteiger charge is 2.19. The van der Waals surface area contributed by atoms with Gasteiger partial charge in [0.25, 0.3) is 0 Å². The normalized spacial score (nSPS) is 19.3. The lowest BCUT2D eigenvalue weighted by molar-refractivity contribution is -0.123. The van der Waals surface area contributed by atoms with Crippen LogP contribution in [0.25, 0.3) is 0 Å². The van der Waals surface area contributed by atoms with Crippen molar-refractivity contribution >= 4 is 11.8 Å². The van der Waals surface area contributed by atoms with Crippen molar-refractivity contribution in [1.29, 1.82) is 0 Å². The summed E-state index contributed by atoms with van der Waals surface area (Å²) in [7, 11) is 1.58. The first kappa shape index (κ1) is 14.9. The summed E-state index contributed by atoms with van der Waals surface area (Å²) >= 11 is 0. The summed E-state index contributed by atoms with van der Waals surface area (Å²) in [6.45, 7) is 3.65. The maximum atomic E-state index is 11.7. The molecule has 4 N–H and O–H groups in total. The maximum absolute atomic E-state index is 11.7. The highest BCUT2D eigenvalue weighted by atomic mass is 16.5. The predicted octanol–water partition coefficient (Wildman–Crippen LogP) is -2.18. The summed E-state index contributed by atoms with van der Waals surface area (Å²) in [4.78, 5) is 23.0. The molecule has 0 saturated carbocycles. The fraction of sp³-hybridized carbons (Fsp3) is 0.818. The topological polar surface area (TPSA) is 91.5 Å². The van der Waals surface area contributed by atoms with Crippen LogP contribution < -0.4 is 21.3 Å². The van der Waals surface area contributed by atoms with Crippen molar-refractivity contribution in [2.75, 3.05) is 46.4 Å². The van der Waals surface area contributed by atoms with Gasteiger partial charge in [-0.3, -0.25) is 9.59 Å². The van der Waals surface area contributed by atoms with Crippen molar-refractivity contribution in [3.63, 3.8) is 0 Å². The van der Waals surface area contributed by atoms with E-state index in [-0.39, 0.29) is 24.3 Å². The van der Waals surface area contributed by atoms with E-state index in [1.165, 1.54) is 0 Å². The smallest absolute Gasteiger partial charge is 0.238 e. The molecular weight excluding hydrogens is 236 g/mol. The van der Waals surface area contributed by atoms with E-state index >= 15 is 0 Å². The number of hydrogen-bond acceptors (Lipinski definition) is 5. The Morgan fingerprint density at radius 1 is 1.28 bits per heavy atom. The molecule has 0 aliphatic carbocycles. The van der Waals surface area contributed by atoms with Crippen LogP contribution in [-0.2, 0) is 14.3 Å². The summed E-state index contributed by atoms with van der Waals surface area (Å²) in [5.41, 5.74) is 0. The highest BCUT2D eigenvalue weighted by molar-refractivity contribution is 5.83. The number of ether oxygens (including phenoxy) is 1. The van der Waals surface area contributed by atoms with Gasteiger partial charge in [0.05, 0.1) is 12.6 Å². The lowest BCUT2D eigenvalue weighted by Crippen LogP contribution is -2.55. The van der Waals surface area contributed by atoms with E-state index in [1.54, 1.807) is 7.11 Å². The second-order valence-electron chi connectivity index (χ2n) is 4.09. The molecule has 1 aliphatic rings. The third-order valence-electron chi connectivity index (χ3n) is 2.64. The number of carbonyl (C=O) groups excluding carboxylic acids is 2. The molecule has 1 saturated heterocycles.